The summed E-state index contributed by atoms with van der Waals surface area (Å²) in [7, 11) is 3.08. The fourth-order valence-electron chi connectivity index (χ4n) is 3.78. The average molecular weight is 438 g/mol. The van der Waals surface area contributed by atoms with Gasteiger partial charge >= 0.3 is 12.3 Å². The lowest BCUT2D eigenvalue weighted by molar-refractivity contribution is -0.274. The minimum absolute atomic E-state index is 0.271. The minimum atomic E-state index is -4.75. The first-order chi connectivity index (χ1) is 14.2. The predicted molar refractivity (Wildman–Crippen MR) is 107 cm³/mol. The lowest BCUT2D eigenvalue weighted by Gasteiger charge is -2.15. The molecular weight excluding hydrogens is 419 g/mol. The molecule has 4 nitrogen and oxygen atoms in total. The quantitative estimate of drug-likeness (QED) is 0.461. The molecule has 0 spiro atoms. The highest BCUT2D eigenvalue weighted by atomic mass is 35.5. The smallest absolute Gasteiger partial charge is 0.465 e. The number of hydrogen-bond acceptors (Lipinski definition) is 3. The zero-order valence-electron chi connectivity index (χ0n) is 16.3. The number of nitrogens with zero attached hydrogens (tertiary/aromatic N) is 1. The number of halogens is 4. The summed E-state index contributed by atoms with van der Waals surface area (Å²) in [5, 5.41) is 1.15. The number of carbonyl (C=O) groups excluding carboxylic acids is 1. The van der Waals surface area contributed by atoms with Crippen LogP contribution in [-0.2, 0) is 18.2 Å². The first-order valence-electron chi connectivity index (χ1n) is 9.41. The fourth-order valence-corrected chi connectivity index (χ4v) is 4.09. The summed E-state index contributed by atoms with van der Waals surface area (Å²) in [5.74, 6) is -0.368. The van der Waals surface area contributed by atoms with Crippen LogP contribution in [0.2, 0.25) is 5.02 Å². The normalized spacial score (nSPS) is 14.2. The Balaban J connectivity index is 1.75. The van der Waals surface area contributed by atoms with E-state index in [1.807, 2.05) is 16.7 Å². The third-order valence-electron chi connectivity index (χ3n) is 5.41. The van der Waals surface area contributed by atoms with Crippen molar-refractivity contribution in [2.45, 2.75) is 31.5 Å². The van der Waals surface area contributed by atoms with Gasteiger partial charge in [0.15, 0.2) is 0 Å². The molecule has 1 aromatic heterocycles. The summed E-state index contributed by atoms with van der Waals surface area (Å²) in [6, 6.07) is 9.76. The van der Waals surface area contributed by atoms with Crippen LogP contribution >= 0.6 is 11.6 Å². The Kier molecular flexibility index (Phi) is 5.18. The number of carbonyl (C=O) groups is 1. The number of esters is 1. The second-order valence-electron chi connectivity index (χ2n) is 7.40. The summed E-state index contributed by atoms with van der Waals surface area (Å²) in [5.41, 5.74) is 3.72. The van der Waals surface area contributed by atoms with Crippen LogP contribution in [0.4, 0.5) is 13.2 Å². The summed E-state index contributed by atoms with van der Waals surface area (Å²) in [6.45, 7) is 0. The number of benzene rings is 2. The molecule has 158 valence electrons. The van der Waals surface area contributed by atoms with Crippen LogP contribution < -0.4 is 4.74 Å². The highest BCUT2D eigenvalue weighted by molar-refractivity contribution is 6.34. The average Bonchev–Trinajstić information content (AvgIpc) is 3.48. The van der Waals surface area contributed by atoms with Crippen molar-refractivity contribution < 1.29 is 27.4 Å². The van der Waals surface area contributed by atoms with E-state index in [0.29, 0.717) is 28.4 Å². The SMILES string of the molecule is COC(=O)c1ccc(C2CC2)c(Cc2cc3ccc(OC(F)(F)F)cc3n2C)c1Cl. The number of hydrogen-bond donors (Lipinski definition) is 0. The number of rotatable bonds is 5. The Bertz CT molecular complexity index is 1130. The van der Waals surface area contributed by atoms with E-state index in [1.54, 1.807) is 19.2 Å². The molecule has 3 aromatic rings. The Morgan fingerprint density at radius 3 is 2.57 bits per heavy atom. The van der Waals surface area contributed by atoms with Crippen molar-refractivity contribution in [1.29, 1.82) is 0 Å². The van der Waals surface area contributed by atoms with Crippen molar-refractivity contribution in [1.82, 2.24) is 4.57 Å². The predicted octanol–water partition coefficient (Wildman–Crippen LogP) is 5.99. The molecule has 2 aromatic carbocycles. The van der Waals surface area contributed by atoms with E-state index in [2.05, 4.69) is 4.74 Å². The molecule has 1 fully saturated rings. The molecule has 1 heterocycles. The molecule has 0 bridgehead atoms. The molecule has 1 saturated carbocycles. The molecule has 0 unspecified atom stereocenters. The summed E-state index contributed by atoms with van der Waals surface area (Å²) >= 11 is 6.60. The van der Waals surface area contributed by atoms with Crippen LogP contribution in [0, 0.1) is 0 Å². The Hall–Kier alpha value is -2.67. The van der Waals surface area contributed by atoms with Gasteiger partial charge in [0.05, 0.1) is 23.2 Å². The largest absolute Gasteiger partial charge is 0.573 e. The van der Waals surface area contributed by atoms with Crippen LogP contribution in [0.25, 0.3) is 10.9 Å². The Morgan fingerprint density at radius 1 is 1.20 bits per heavy atom. The van der Waals surface area contributed by atoms with E-state index in [0.717, 1.165) is 35.0 Å². The van der Waals surface area contributed by atoms with E-state index >= 15 is 0 Å². The van der Waals surface area contributed by atoms with E-state index in [4.69, 9.17) is 16.3 Å². The lowest BCUT2D eigenvalue weighted by atomic mass is 9.96. The van der Waals surface area contributed by atoms with Gasteiger partial charge in [-0.1, -0.05) is 17.7 Å². The molecule has 1 aliphatic carbocycles. The van der Waals surface area contributed by atoms with Gasteiger partial charge in [-0.15, -0.1) is 13.2 Å². The molecule has 0 amide bonds. The monoisotopic (exact) mass is 437 g/mol. The number of fused-ring (bicyclic) bond motifs is 1. The van der Waals surface area contributed by atoms with E-state index in [1.165, 1.54) is 19.2 Å². The number of aromatic nitrogens is 1. The number of alkyl halides is 3. The number of ether oxygens (including phenoxy) is 2. The van der Waals surface area contributed by atoms with Crippen LogP contribution in [0.15, 0.2) is 36.4 Å². The maximum atomic E-state index is 12.6. The van der Waals surface area contributed by atoms with Crippen molar-refractivity contribution in [2.75, 3.05) is 7.11 Å². The molecule has 8 heteroatoms. The minimum Gasteiger partial charge on any atom is -0.465 e. The first-order valence-corrected chi connectivity index (χ1v) is 9.79. The van der Waals surface area contributed by atoms with E-state index in [-0.39, 0.29) is 5.75 Å². The molecular formula is C22H19ClF3NO3. The third kappa shape index (κ3) is 3.99. The Labute approximate surface area is 176 Å². The number of methoxy groups -OCH3 is 1. The molecule has 0 N–H and O–H groups in total. The van der Waals surface area contributed by atoms with Gasteiger partial charge in [-0.05, 0) is 54.2 Å². The van der Waals surface area contributed by atoms with Gasteiger partial charge in [0, 0.05) is 30.6 Å². The van der Waals surface area contributed by atoms with Crippen LogP contribution in [0.3, 0.4) is 0 Å². The molecule has 0 atom stereocenters. The van der Waals surface area contributed by atoms with Gasteiger partial charge in [0.2, 0.25) is 0 Å². The maximum Gasteiger partial charge on any atom is 0.573 e. The summed E-state index contributed by atoms with van der Waals surface area (Å²) in [4.78, 5) is 12.1. The third-order valence-corrected chi connectivity index (χ3v) is 5.84. The van der Waals surface area contributed by atoms with Gasteiger partial charge in [0.1, 0.15) is 5.75 Å². The highest BCUT2D eigenvalue weighted by Gasteiger charge is 2.31. The second kappa shape index (κ2) is 7.54. The van der Waals surface area contributed by atoms with Gasteiger partial charge < -0.3 is 14.0 Å². The zero-order valence-corrected chi connectivity index (χ0v) is 17.1. The maximum absolute atomic E-state index is 12.6. The van der Waals surface area contributed by atoms with Gasteiger partial charge in [-0.25, -0.2) is 4.79 Å². The zero-order chi connectivity index (χ0) is 21.6. The molecule has 1 aliphatic rings. The Morgan fingerprint density at radius 2 is 1.93 bits per heavy atom. The van der Waals surface area contributed by atoms with Crippen LogP contribution in [-0.4, -0.2) is 24.0 Å². The topological polar surface area (TPSA) is 40.5 Å². The van der Waals surface area contributed by atoms with Gasteiger partial charge in [-0.3, -0.25) is 0 Å². The first kappa shape index (κ1) is 20.6. The van der Waals surface area contributed by atoms with E-state index in [9.17, 15) is 18.0 Å². The molecule has 0 radical (unpaired) electrons. The van der Waals surface area contributed by atoms with E-state index < -0.39 is 12.3 Å². The fraction of sp³-hybridized carbons (Fsp3) is 0.318. The molecule has 4 rings (SSSR count). The molecule has 0 aliphatic heterocycles. The summed E-state index contributed by atoms with van der Waals surface area (Å²) < 4.78 is 48.4. The molecule has 0 saturated heterocycles. The lowest BCUT2D eigenvalue weighted by Crippen LogP contribution is -2.17. The number of aryl methyl sites for hydroxylation is 1. The molecule has 30 heavy (non-hydrogen) atoms. The van der Waals surface area contributed by atoms with Gasteiger partial charge in [-0.2, -0.15) is 0 Å². The van der Waals surface area contributed by atoms with Crippen molar-refractivity contribution in [3.63, 3.8) is 0 Å². The van der Waals surface area contributed by atoms with Crippen LogP contribution in [0.5, 0.6) is 5.75 Å². The van der Waals surface area contributed by atoms with Crippen molar-refractivity contribution in [2.24, 2.45) is 7.05 Å². The highest BCUT2D eigenvalue weighted by Crippen LogP contribution is 2.44. The summed E-state index contributed by atoms with van der Waals surface area (Å²) in [6.07, 6.45) is -2.18. The standard InChI is InChI=1S/C22H19ClF3NO3/c1-27-14(9-13-5-6-15(11-19(13)27)30-22(24,25)26)10-18-16(12-3-4-12)7-8-17(20(18)23)21(28)29-2/h5-9,11-12H,3-4,10H2,1-2H3. The van der Waals surface area contributed by atoms with Crippen molar-refractivity contribution >= 4 is 28.5 Å². The van der Waals surface area contributed by atoms with Crippen molar-refractivity contribution in [3.05, 3.63) is 63.8 Å². The van der Waals surface area contributed by atoms with Crippen LogP contribution in [0.1, 0.15) is 45.9 Å². The van der Waals surface area contributed by atoms with Crippen molar-refractivity contribution in [3.8, 4) is 5.75 Å². The van der Waals surface area contributed by atoms with Gasteiger partial charge in [0.25, 0.3) is 0 Å². The second-order valence-corrected chi connectivity index (χ2v) is 7.78.